The molecule has 0 spiro atoms. The third-order valence-corrected chi connectivity index (χ3v) is 4.50. The van der Waals surface area contributed by atoms with E-state index < -0.39 is 11.7 Å². The highest BCUT2D eigenvalue weighted by Crippen LogP contribution is 2.36. The van der Waals surface area contributed by atoms with Crippen LogP contribution >= 0.6 is 0 Å². The zero-order valence-electron chi connectivity index (χ0n) is 16.2. The monoisotopic (exact) mass is 394 g/mol. The average Bonchev–Trinajstić information content (AvgIpc) is 3.05. The lowest BCUT2D eigenvalue weighted by Crippen LogP contribution is -2.30. The van der Waals surface area contributed by atoms with Crippen LogP contribution in [0.5, 0.6) is 0 Å². The van der Waals surface area contributed by atoms with Crippen molar-refractivity contribution in [3.63, 3.8) is 0 Å². The van der Waals surface area contributed by atoms with Crippen LogP contribution in [0.25, 0.3) is 11.0 Å². The minimum absolute atomic E-state index is 0.0465. The van der Waals surface area contributed by atoms with E-state index >= 15 is 0 Å². The Balaban J connectivity index is 1.89. The van der Waals surface area contributed by atoms with Gasteiger partial charge in [0.1, 0.15) is 6.54 Å². The molecule has 0 aromatic carbocycles. The van der Waals surface area contributed by atoms with E-state index in [2.05, 4.69) is 20.5 Å². The van der Waals surface area contributed by atoms with Gasteiger partial charge in [-0.25, -0.2) is 9.67 Å². The van der Waals surface area contributed by atoms with Crippen LogP contribution < -0.4 is 5.32 Å². The van der Waals surface area contributed by atoms with Gasteiger partial charge < -0.3 is 5.32 Å². The minimum atomic E-state index is -4.53. The molecule has 7 nitrogen and oxygen atoms in total. The second kappa shape index (κ2) is 6.92. The standard InChI is InChI=1S/C18H21F3N6O/c1-9-6-14(18(19,20)21)16-12(4)25-27(17(16)22-9)8-15(28)23-10(2)13-7-26(5)24-11(13)3/h6-7,10H,8H2,1-5H3,(H,23,28)/t10-/m0/s1. The van der Waals surface area contributed by atoms with Gasteiger partial charge in [-0.05, 0) is 33.8 Å². The van der Waals surface area contributed by atoms with Crippen LogP contribution in [0.4, 0.5) is 13.2 Å². The predicted molar refractivity (Wildman–Crippen MR) is 96.5 cm³/mol. The number of aromatic nitrogens is 5. The fourth-order valence-electron chi connectivity index (χ4n) is 3.36. The lowest BCUT2D eigenvalue weighted by Gasteiger charge is -2.14. The van der Waals surface area contributed by atoms with Gasteiger partial charge >= 0.3 is 6.18 Å². The molecule has 1 N–H and O–H groups in total. The number of pyridine rings is 1. The molecule has 0 bridgehead atoms. The summed E-state index contributed by atoms with van der Waals surface area (Å²) in [5, 5.41) is 11.1. The van der Waals surface area contributed by atoms with Crippen LogP contribution in [-0.2, 0) is 24.6 Å². The molecule has 1 atom stereocenters. The fraction of sp³-hybridized carbons (Fsp3) is 0.444. The van der Waals surface area contributed by atoms with Crippen molar-refractivity contribution < 1.29 is 18.0 Å². The summed E-state index contributed by atoms with van der Waals surface area (Å²) in [4.78, 5) is 16.7. The molecule has 0 saturated heterocycles. The van der Waals surface area contributed by atoms with Gasteiger partial charge in [0.25, 0.3) is 0 Å². The smallest absolute Gasteiger partial charge is 0.348 e. The maximum Gasteiger partial charge on any atom is 0.417 e. The number of aryl methyl sites for hydroxylation is 4. The van der Waals surface area contributed by atoms with Crippen LogP contribution in [0.1, 0.15) is 41.2 Å². The SMILES string of the molecule is Cc1cc(C(F)(F)F)c2c(C)nn(CC(=O)N[C@@H](C)c3cn(C)nc3C)c2n1. The van der Waals surface area contributed by atoms with Crippen molar-refractivity contribution in [2.75, 3.05) is 0 Å². The maximum atomic E-state index is 13.4. The highest BCUT2D eigenvalue weighted by Gasteiger charge is 2.35. The lowest BCUT2D eigenvalue weighted by atomic mass is 10.1. The quantitative estimate of drug-likeness (QED) is 0.738. The number of rotatable bonds is 4. The molecule has 10 heteroatoms. The van der Waals surface area contributed by atoms with Crippen LogP contribution in [0.2, 0.25) is 0 Å². The Kier molecular flexibility index (Phi) is 4.90. The van der Waals surface area contributed by atoms with Crippen molar-refractivity contribution in [3.8, 4) is 0 Å². The van der Waals surface area contributed by atoms with Crippen molar-refractivity contribution in [2.24, 2.45) is 7.05 Å². The molecule has 28 heavy (non-hydrogen) atoms. The molecule has 3 aromatic heterocycles. The molecule has 0 fully saturated rings. The minimum Gasteiger partial charge on any atom is -0.348 e. The van der Waals surface area contributed by atoms with E-state index in [0.29, 0.717) is 0 Å². The van der Waals surface area contributed by atoms with Crippen LogP contribution in [0.3, 0.4) is 0 Å². The van der Waals surface area contributed by atoms with Gasteiger partial charge in [0.15, 0.2) is 5.65 Å². The first kappa shape index (κ1) is 19.8. The first-order valence-corrected chi connectivity index (χ1v) is 8.69. The predicted octanol–water partition coefficient (Wildman–Crippen LogP) is 2.99. The Labute approximate surface area is 159 Å². The largest absolute Gasteiger partial charge is 0.417 e. The average molecular weight is 394 g/mol. The molecule has 0 saturated carbocycles. The molecule has 0 aliphatic carbocycles. The van der Waals surface area contributed by atoms with Crippen LogP contribution in [-0.4, -0.2) is 30.5 Å². The van der Waals surface area contributed by atoms with Crippen molar-refractivity contribution in [2.45, 2.75) is 46.5 Å². The van der Waals surface area contributed by atoms with Gasteiger partial charge in [-0.15, -0.1) is 0 Å². The van der Waals surface area contributed by atoms with E-state index in [1.54, 1.807) is 11.7 Å². The van der Waals surface area contributed by atoms with E-state index in [1.807, 2.05) is 20.0 Å². The third-order valence-electron chi connectivity index (χ3n) is 4.50. The Morgan fingerprint density at radius 2 is 1.89 bits per heavy atom. The first-order chi connectivity index (χ1) is 13.0. The summed E-state index contributed by atoms with van der Waals surface area (Å²) in [6, 6.07) is 0.693. The van der Waals surface area contributed by atoms with E-state index in [9.17, 15) is 18.0 Å². The van der Waals surface area contributed by atoms with Gasteiger partial charge in [0, 0.05) is 24.5 Å². The van der Waals surface area contributed by atoms with Gasteiger partial charge in [0.05, 0.1) is 28.4 Å². The number of fused-ring (bicyclic) bond motifs is 1. The Morgan fingerprint density at radius 1 is 1.21 bits per heavy atom. The fourth-order valence-corrected chi connectivity index (χ4v) is 3.36. The van der Waals surface area contributed by atoms with Gasteiger partial charge in [-0.3, -0.25) is 9.48 Å². The summed E-state index contributed by atoms with van der Waals surface area (Å²) in [6.45, 7) is 6.38. The van der Waals surface area contributed by atoms with Gasteiger partial charge in [-0.1, -0.05) is 0 Å². The summed E-state index contributed by atoms with van der Waals surface area (Å²) >= 11 is 0. The zero-order chi connectivity index (χ0) is 20.8. The number of hydrogen-bond acceptors (Lipinski definition) is 4. The van der Waals surface area contributed by atoms with E-state index in [0.717, 1.165) is 17.3 Å². The summed E-state index contributed by atoms with van der Waals surface area (Å²) in [6.07, 6.45) is -2.71. The molecule has 1 amide bonds. The maximum absolute atomic E-state index is 13.4. The van der Waals surface area contributed by atoms with Crippen molar-refractivity contribution in [1.29, 1.82) is 0 Å². The number of carbonyl (C=O) groups excluding carboxylic acids is 1. The lowest BCUT2D eigenvalue weighted by molar-refractivity contribution is -0.136. The number of amides is 1. The molecule has 0 aliphatic rings. The number of alkyl halides is 3. The second-order valence-corrected chi connectivity index (χ2v) is 6.88. The van der Waals surface area contributed by atoms with E-state index in [1.165, 1.54) is 18.5 Å². The molecular formula is C18H21F3N6O. The number of nitrogens with one attached hydrogen (secondary N) is 1. The molecule has 0 unspecified atom stereocenters. The molecular weight excluding hydrogens is 373 g/mol. The number of nitrogens with zero attached hydrogens (tertiary/aromatic N) is 5. The highest BCUT2D eigenvalue weighted by atomic mass is 19.4. The van der Waals surface area contributed by atoms with Crippen molar-refractivity contribution in [1.82, 2.24) is 29.9 Å². The van der Waals surface area contributed by atoms with E-state index in [-0.39, 0.29) is 40.9 Å². The van der Waals surface area contributed by atoms with Crippen LogP contribution in [0.15, 0.2) is 12.3 Å². The Bertz CT molecular complexity index is 1050. The van der Waals surface area contributed by atoms with Gasteiger partial charge in [-0.2, -0.15) is 23.4 Å². The second-order valence-electron chi connectivity index (χ2n) is 6.88. The molecule has 3 heterocycles. The summed E-state index contributed by atoms with van der Waals surface area (Å²) in [5.41, 5.74) is 1.30. The number of halogens is 3. The molecule has 0 radical (unpaired) electrons. The summed E-state index contributed by atoms with van der Waals surface area (Å²) in [5.74, 6) is -0.378. The van der Waals surface area contributed by atoms with E-state index in [4.69, 9.17) is 0 Å². The van der Waals surface area contributed by atoms with Crippen molar-refractivity contribution in [3.05, 3.63) is 40.5 Å². The summed E-state index contributed by atoms with van der Waals surface area (Å²) in [7, 11) is 1.79. The topological polar surface area (TPSA) is 77.6 Å². The Morgan fingerprint density at radius 3 is 2.46 bits per heavy atom. The highest BCUT2D eigenvalue weighted by molar-refractivity contribution is 5.85. The van der Waals surface area contributed by atoms with Crippen LogP contribution in [0, 0.1) is 20.8 Å². The number of carbonyl (C=O) groups is 1. The summed E-state index contributed by atoms with van der Waals surface area (Å²) < 4.78 is 43.1. The normalized spacial score (nSPS) is 13.1. The third kappa shape index (κ3) is 3.71. The molecule has 0 aliphatic heterocycles. The van der Waals surface area contributed by atoms with Gasteiger partial charge in [0.2, 0.25) is 5.91 Å². The molecule has 3 rings (SSSR count). The zero-order valence-corrected chi connectivity index (χ0v) is 16.2. The van der Waals surface area contributed by atoms with Crippen molar-refractivity contribution >= 4 is 16.9 Å². The number of hydrogen-bond donors (Lipinski definition) is 1. The first-order valence-electron chi connectivity index (χ1n) is 8.69. The molecule has 150 valence electrons. The molecule has 3 aromatic rings. The Hall–Kier alpha value is -2.91.